The molecule has 1 aromatic rings. The van der Waals surface area contributed by atoms with Crippen LogP contribution in [0.1, 0.15) is 87.8 Å². The fraction of sp³-hybridized carbons (Fsp3) is 0.700. The van der Waals surface area contributed by atoms with Gasteiger partial charge in [0.15, 0.2) is 0 Å². The number of unbranched alkanes of at least 4 members (excludes halogenated alkanes) is 9. The average Bonchev–Trinajstić information content (AvgIpc) is 2.49. The van der Waals surface area contributed by atoms with E-state index >= 15 is 0 Å². The molecule has 1 heteroatoms. The van der Waals surface area contributed by atoms with Crippen LogP contribution in [0.3, 0.4) is 0 Å². The Kier molecular flexibility index (Phi) is 10.7. The molecule has 0 radical (unpaired) electrons. The molecular formula is C20H33Cl. The Balaban J connectivity index is 2.00. The predicted molar refractivity (Wildman–Crippen MR) is 96.3 cm³/mol. The van der Waals surface area contributed by atoms with Crippen molar-refractivity contribution in [3.63, 3.8) is 0 Å². The molecular weight excluding hydrogens is 276 g/mol. The molecule has 0 amide bonds. The van der Waals surface area contributed by atoms with Crippen molar-refractivity contribution in [3.8, 4) is 0 Å². The van der Waals surface area contributed by atoms with Crippen molar-refractivity contribution >= 4 is 11.6 Å². The van der Waals surface area contributed by atoms with E-state index in [0.717, 1.165) is 0 Å². The third-order valence-electron chi connectivity index (χ3n) is 4.37. The third-order valence-corrected chi connectivity index (χ3v) is 4.66. The normalized spacial score (nSPS) is 11.0. The first-order valence-corrected chi connectivity index (χ1v) is 9.45. The third kappa shape index (κ3) is 8.51. The Morgan fingerprint density at radius 2 is 1.38 bits per heavy atom. The topological polar surface area (TPSA) is 0 Å². The van der Waals surface area contributed by atoms with Crippen molar-refractivity contribution in [3.05, 3.63) is 34.9 Å². The fourth-order valence-corrected chi connectivity index (χ4v) is 3.18. The van der Waals surface area contributed by atoms with Crippen LogP contribution in [0.4, 0.5) is 0 Å². The van der Waals surface area contributed by atoms with Crippen LogP contribution in [-0.4, -0.2) is 0 Å². The Labute approximate surface area is 137 Å². The van der Waals surface area contributed by atoms with Crippen LogP contribution in [0, 0.1) is 6.92 Å². The molecule has 0 spiro atoms. The molecule has 1 aromatic carbocycles. The van der Waals surface area contributed by atoms with Gasteiger partial charge in [0.25, 0.3) is 0 Å². The molecule has 0 unspecified atom stereocenters. The molecule has 1 rings (SSSR count). The van der Waals surface area contributed by atoms with E-state index in [1.807, 2.05) is 0 Å². The molecule has 0 aliphatic rings. The zero-order chi connectivity index (χ0) is 15.3. The van der Waals surface area contributed by atoms with Gasteiger partial charge in [-0.15, -0.1) is 11.6 Å². The standard InChI is InChI=1S/C20H33Cl/c1-3-4-5-6-7-8-9-10-11-12-13-19-14-15-20(17-21)18(2)16-19/h14-16H,3-13,17H2,1-2H3. The van der Waals surface area contributed by atoms with Gasteiger partial charge < -0.3 is 0 Å². The summed E-state index contributed by atoms with van der Waals surface area (Å²) < 4.78 is 0. The van der Waals surface area contributed by atoms with Gasteiger partial charge in [-0.3, -0.25) is 0 Å². The monoisotopic (exact) mass is 308 g/mol. The van der Waals surface area contributed by atoms with E-state index in [1.165, 1.54) is 87.3 Å². The molecule has 0 nitrogen and oxygen atoms in total. The second-order valence-electron chi connectivity index (χ2n) is 6.33. The summed E-state index contributed by atoms with van der Waals surface area (Å²) in [6.45, 7) is 4.45. The van der Waals surface area contributed by atoms with Crippen molar-refractivity contribution in [2.24, 2.45) is 0 Å². The van der Waals surface area contributed by atoms with Gasteiger partial charge in [-0.2, -0.15) is 0 Å². The van der Waals surface area contributed by atoms with Crippen LogP contribution in [0.15, 0.2) is 18.2 Å². The van der Waals surface area contributed by atoms with Crippen molar-refractivity contribution in [2.75, 3.05) is 0 Å². The lowest BCUT2D eigenvalue weighted by Crippen LogP contribution is -1.91. The van der Waals surface area contributed by atoms with E-state index in [9.17, 15) is 0 Å². The highest BCUT2D eigenvalue weighted by Crippen LogP contribution is 2.16. The van der Waals surface area contributed by atoms with E-state index in [4.69, 9.17) is 11.6 Å². The second-order valence-corrected chi connectivity index (χ2v) is 6.59. The van der Waals surface area contributed by atoms with Crippen molar-refractivity contribution in [1.29, 1.82) is 0 Å². The number of hydrogen-bond donors (Lipinski definition) is 0. The molecule has 0 fully saturated rings. The molecule has 0 aliphatic heterocycles. The Hall–Kier alpha value is -0.490. The number of halogens is 1. The molecule has 0 heterocycles. The van der Waals surface area contributed by atoms with Crippen LogP contribution in [-0.2, 0) is 12.3 Å². The van der Waals surface area contributed by atoms with Crippen LogP contribution >= 0.6 is 11.6 Å². The minimum atomic E-state index is 0.629. The quantitative estimate of drug-likeness (QED) is 0.283. The second kappa shape index (κ2) is 12.1. The predicted octanol–water partition coefficient (Wildman–Crippen LogP) is 7.20. The maximum Gasteiger partial charge on any atom is 0.0476 e. The number of rotatable bonds is 12. The average molecular weight is 309 g/mol. The fourth-order valence-electron chi connectivity index (χ4n) is 2.88. The van der Waals surface area contributed by atoms with Gasteiger partial charge in [-0.25, -0.2) is 0 Å². The summed E-state index contributed by atoms with van der Waals surface area (Å²) in [7, 11) is 0. The maximum atomic E-state index is 5.90. The van der Waals surface area contributed by atoms with Gasteiger partial charge in [-0.05, 0) is 36.5 Å². The summed E-state index contributed by atoms with van der Waals surface area (Å²) in [5.74, 6) is 0.629. The molecule has 0 saturated carbocycles. The first-order valence-electron chi connectivity index (χ1n) is 8.92. The van der Waals surface area contributed by atoms with E-state index < -0.39 is 0 Å². The summed E-state index contributed by atoms with van der Waals surface area (Å²) in [5, 5.41) is 0. The number of benzene rings is 1. The Morgan fingerprint density at radius 1 is 0.810 bits per heavy atom. The Morgan fingerprint density at radius 3 is 1.90 bits per heavy atom. The summed E-state index contributed by atoms with van der Waals surface area (Å²) in [6, 6.07) is 6.75. The summed E-state index contributed by atoms with van der Waals surface area (Å²) in [4.78, 5) is 0. The first kappa shape index (κ1) is 18.6. The number of hydrogen-bond acceptors (Lipinski definition) is 0. The number of alkyl halides is 1. The van der Waals surface area contributed by atoms with Crippen LogP contribution in [0.25, 0.3) is 0 Å². The minimum absolute atomic E-state index is 0.629. The molecule has 0 atom stereocenters. The van der Waals surface area contributed by atoms with Gasteiger partial charge in [-0.1, -0.05) is 82.9 Å². The molecule has 0 bridgehead atoms. The van der Waals surface area contributed by atoms with E-state index in [1.54, 1.807) is 0 Å². The highest BCUT2D eigenvalue weighted by Gasteiger charge is 1.99. The molecule has 0 aliphatic carbocycles. The largest absolute Gasteiger partial charge is 0.122 e. The summed E-state index contributed by atoms with van der Waals surface area (Å²) >= 11 is 5.90. The number of aryl methyl sites for hydroxylation is 2. The minimum Gasteiger partial charge on any atom is -0.122 e. The van der Waals surface area contributed by atoms with Crippen LogP contribution in [0.5, 0.6) is 0 Å². The molecule has 0 aromatic heterocycles. The van der Waals surface area contributed by atoms with E-state index in [0.29, 0.717) is 5.88 Å². The lowest BCUT2D eigenvalue weighted by molar-refractivity contribution is 0.556. The summed E-state index contributed by atoms with van der Waals surface area (Å²) in [5.41, 5.74) is 4.08. The van der Waals surface area contributed by atoms with Gasteiger partial charge in [0.1, 0.15) is 0 Å². The van der Waals surface area contributed by atoms with Gasteiger partial charge >= 0.3 is 0 Å². The highest BCUT2D eigenvalue weighted by molar-refractivity contribution is 6.17. The maximum absolute atomic E-state index is 5.90. The molecule has 0 N–H and O–H groups in total. The first-order chi connectivity index (χ1) is 10.3. The molecule has 21 heavy (non-hydrogen) atoms. The smallest absolute Gasteiger partial charge is 0.0476 e. The van der Waals surface area contributed by atoms with Crippen molar-refractivity contribution < 1.29 is 0 Å². The van der Waals surface area contributed by atoms with Crippen LogP contribution in [0.2, 0.25) is 0 Å². The SMILES string of the molecule is CCCCCCCCCCCCc1ccc(CCl)c(C)c1. The lowest BCUT2D eigenvalue weighted by Gasteiger charge is -2.06. The van der Waals surface area contributed by atoms with Crippen molar-refractivity contribution in [1.82, 2.24) is 0 Å². The summed E-state index contributed by atoms with van der Waals surface area (Å²) in [6.07, 6.45) is 15.3. The molecule has 120 valence electrons. The van der Waals surface area contributed by atoms with Gasteiger partial charge in [0.05, 0.1) is 0 Å². The van der Waals surface area contributed by atoms with E-state index in [2.05, 4.69) is 32.0 Å². The lowest BCUT2D eigenvalue weighted by atomic mass is 10.0. The highest BCUT2D eigenvalue weighted by atomic mass is 35.5. The van der Waals surface area contributed by atoms with Gasteiger partial charge in [0.2, 0.25) is 0 Å². The molecule has 0 saturated heterocycles. The van der Waals surface area contributed by atoms with Crippen LogP contribution < -0.4 is 0 Å². The zero-order valence-electron chi connectivity index (χ0n) is 14.1. The van der Waals surface area contributed by atoms with Gasteiger partial charge in [0, 0.05) is 5.88 Å². The zero-order valence-corrected chi connectivity index (χ0v) is 14.9. The van der Waals surface area contributed by atoms with Crippen molar-refractivity contribution in [2.45, 2.75) is 90.4 Å². The Bertz CT molecular complexity index is 370. The van der Waals surface area contributed by atoms with E-state index in [-0.39, 0.29) is 0 Å².